The number of halogens is 1. The van der Waals surface area contributed by atoms with Gasteiger partial charge in [-0.05, 0) is 37.3 Å². The molecule has 0 unspecified atom stereocenters. The molecule has 0 aliphatic heterocycles. The van der Waals surface area contributed by atoms with Crippen molar-refractivity contribution in [3.63, 3.8) is 0 Å². The van der Waals surface area contributed by atoms with Gasteiger partial charge in [0.05, 0.1) is 17.4 Å². The van der Waals surface area contributed by atoms with Crippen LogP contribution in [0.1, 0.15) is 16.1 Å². The van der Waals surface area contributed by atoms with Gasteiger partial charge >= 0.3 is 12.0 Å². The minimum absolute atomic E-state index is 0.0803. The van der Waals surface area contributed by atoms with Gasteiger partial charge in [0.1, 0.15) is 0 Å². The number of nitrogens with zero attached hydrogens (tertiary/aromatic N) is 1. The normalized spacial score (nSPS) is 10.0. The lowest BCUT2D eigenvalue weighted by molar-refractivity contribution is 0.0697. The highest BCUT2D eigenvalue weighted by Crippen LogP contribution is 2.20. The molecule has 0 saturated carbocycles. The molecular weight excluding hydrogens is 338 g/mol. The number of pyridine rings is 1. The molecule has 6 nitrogen and oxygen atoms in total. The second-order valence-corrected chi connectivity index (χ2v) is 5.22. The van der Waals surface area contributed by atoms with E-state index in [0.717, 1.165) is 5.69 Å². The van der Waals surface area contributed by atoms with Crippen molar-refractivity contribution >= 4 is 39.3 Å². The molecule has 0 atom stereocenters. The number of hydrogen-bond donors (Lipinski definition) is 3. The zero-order valence-electron chi connectivity index (χ0n) is 11.1. The summed E-state index contributed by atoms with van der Waals surface area (Å²) in [4.78, 5) is 26.9. The number of carbonyl (C=O) groups is 2. The van der Waals surface area contributed by atoms with Crippen molar-refractivity contribution in [3.8, 4) is 0 Å². The van der Waals surface area contributed by atoms with Crippen molar-refractivity contribution in [3.05, 3.63) is 52.3 Å². The highest BCUT2D eigenvalue weighted by Gasteiger charge is 2.08. The number of anilines is 2. The summed E-state index contributed by atoms with van der Waals surface area (Å²) in [5.74, 6) is -1.07. The first-order valence-electron chi connectivity index (χ1n) is 5.98. The van der Waals surface area contributed by atoms with Crippen molar-refractivity contribution < 1.29 is 14.7 Å². The first-order valence-corrected chi connectivity index (χ1v) is 6.78. The SMILES string of the molecule is Cc1ccc(NC(=O)Nc2cc(Br)cc(C(=O)O)c2)cn1. The van der Waals surface area contributed by atoms with Crippen LogP contribution in [-0.2, 0) is 0 Å². The predicted octanol–water partition coefficient (Wildman–Crippen LogP) is 3.49. The van der Waals surface area contributed by atoms with Crippen molar-refractivity contribution in [2.24, 2.45) is 0 Å². The molecule has 2 rings (SSSR count). The molecule has 1 heterocycles. The quantitative estimate of drug-likeness (QED) is 0.790. The molecule has 2 aromatic rings. The predicted molar refractivity (Wildman–Crippen MR) is 82.7 cm³/mol. The number of aromatic carboxylic acids is 1. The fraction of sp³-hybridized carbons (Fsp3) is 0.0714. The monoisotopic (exact) mass is 349 g/mol. The van der Waals surface area contributed by atoms with Gasteiger partial charge in [-0.15, -0.1) is 0 Å². The number of nitrogens with one attached hydrogen (secondary N) is 2. The molecule has 2 amide bonds. The topological polar surface area (TPSA) is 91.3 Å². The molecule has 0 bridgehead atoms. The summed E-state index contributed by atoms with van der Waals surface area (Å²) in [7, 11) is 0. The van der Waals surface area contributed by atoms with E-state index in [1.54, 1.807) is 24.4 Å². The number of amides is 2. The van der Waals surface area contributed by atoms with Crippen molar-refractivity contribution in [1.82, 2.24) is 4.98 Å². The van der Waals surface area contributed by atoms with Gasteiger partial charge < -0.3 is 15.7 Å². The van der Waals surface area contributed by atoms with Crippen LogP contribution < -0.4 is 10.6 Å². The van der Waals surface area contributed by atoms with E-state index in [2.05, 4.69) is 31.5 Å². The zero-order valence-corrected chi connectivity index (χ0v) is 12.6. The number of benzene rings is 1. The van der Waals surface area contributed by atoms with Gasteiger partial charge in [0, 0.05) is 15.9 Å². The Labute approximate surface area is 129 Å². The maximum absolute atomic E-state index is 11.8. The fourth-order valence-electron chi connectivity index (χ4n) is 1.62. The zero-order chi connectivity index (χ0) is 15.4. The third-order valence-corrected chi connectivity index (χ3v) is 3.03. The number of aryl methyl sites for hydroxylation is 1. The highest BCUT2D eigenvalue weighted by atomic mass is 79.9. The molecule has 21 heavy (non-hydrogen) atoms. The first-order chi connectivity index (χ1) is 9.94. The minimum atomic E-state index is -1.07. The number of aromatic nitrogens is 1. The Morgan fingerprint density at radius 1 is 1.14 bits per heavy atom. The van der Waals surface area contributed by atoms with Crippen LogP contribution in [0.3, 0.4) is 0 Å². The molecule has 108 valence electrons. The third kappa shape index (κ3) is 4.28. The molecule has 1 aromatic carbocycles. The lowest BCUT2D eigenvalue weighted by atomic mass is 10.2. The Hall–Kier alpha value is -2.41. The molecule has 0 aliphatic carbocycles. The third-order valence-electron chi connectivity index (χ3n) is 2.57. The molecule has 0 saturated heterocycles. The summed E-state index contributed by atoms with van der Waals surface area (Å²) >= 11 is 3.20. The number of carboxylic acid groups (broad SMARTS) is 1. The second-order valence-electron chi connectivity index (χ2n) is 4.30. The molecule has 0 aliphatic rings. The van der Waals surface area contributed by atoms with Crippen LogP contribution >= 0.6 is 15.9 Å². The van der Waals surface area contributed by atoms with Crippen molar-refractivity contribution in [2.75, 3.05) is 10.6 Å². The van der Waals surface area contributed by atoms with Crippen LogP contribution in [0, 0.1) is 6.92 Å². The lowest BCUT2D eigenvalue weighted by Crippen LogP contribution is -2.19. The Balaban J connectivity index is 2.09. The maximum Gasteiger partial charge on any atom is 0.335 e. The maximum atomic E-state index is 11.8. The van der Waals surface area contributed by atoms with Gasteiger partial charge in [0.25, 0.3) is 0 Å². The summed E-state index contributed by atoms with van der Waals surface area (Å²) in [5, 5.41) is 14.2. The van der Waals surface area contributed by atoms with Gasteiger partial charge in [-0.3, -0.25) is 4.98 Å². The highest BCUT2D eigenvalue weighted by molar-refractivity contribution is 9.10. The van der Waals surface area contributed by atoms with Crippen molar-refractivity contribution in [1.29, 1.82) is 0 Å². The van der Waals surface area contributed by atoms with Gasteiger partial charge in [-0.25, -0.2) is 9.59 Å². The van der Waals surface area contributed by atoms with Crippen LogP contribution in [0.2, 0.25) is 0 Å². The van der Waals surface area contributed by atoms with E-state index in [4.69, 9.17) is 5.11 Å². The number of rotatable bonds is 3. The van der Waals surface area contributed by atoms with E-state index in [-0.39, 0.29) is 5.56 Å². The molecule has 1 aromatic heterocycles. The summed E-state index contributed by atoms with van der Waals surface area (Å²) in [6.07, 6.45) is 1.54. The Morgan fingerprint density at radius 2 is 1.86 bits per heavy atom. The number of carbonyl (C=O) groups excluding carboxylic acids is 1. The molecule has 7 heteroatoms. The van der Waals surface area contributed by atoms with E-state index >= 15 is 0 Å². The fourth-order valence-corrected chi connectivity index (χ4v) is 2.11. The van der Waals surface area contributed by atoms with E-state index in [1.807, 2.05) is 6.92 Å². The average molecular weight is 350 g/mol. The Morgan fingerprint density at radius 3 is 2.48 bits per heavy atom. The minimum Gasteiger partial charge on any atom is -0.478 e. The Bertz CT molecular complexity index is 686. The van der Waals surface area contributed by atoms with E-state index in [0.29, 0.717) is 15.8 Å². The number of urea groups is 1. The van der Waals surface area contributed by atoms with Crippen LogP contribution in [-0.4, -0.2) is 22.1 Å². The largest absolute Gasteiger partial charge is 0.478 e. The average Bonchev–Trinajstić information content (AvgIpc) is 2.40. The lowest BCUT2D eigenvalue weighted by Gasteiger charge is -2.09. The van der Waals surface area contributed by atoms with Gasteiger partial charge in [-0.2, -0.15) is 0 Å². The molecule has 0 fully saturated rings. The van der Waals surface area contributed by atoms with Gasteiger partial charge in [-0.1, -0.05) is 15.9 Å². The van der Waals surface area contributed by atoms with E-state index < -0.39 is 12.0 Å². The van der Waals surface area contributed by atoms with Gasteiger partial charge in [0.15, 0.2) is 0 Å². The van der Waals surface area contributed by atoms with Crippen LogP contribution in [0.5, 0.6) is 0 Å². The summed E-state index contributed by atoms with van der Waals surface area (Å²) < 4.78 is 0.565. The Kier molecular flexibility index (Phi) is 4.54. The standard InChI is InChI=1S/C14H12BrN3O3/c1-8-2-3-11(7-16-8)17-14(21)18-12-5-9(13(19)20)4-10(15)6-12/h2-7H,1H3,(H,19,20)(H2,17,18,21). The van der Waals surface area contributed by atoms with Crippen LogP contribution in [0.4, 0.5) is 16.2 Å². The number of carboxylic acids is 1. The van der Waals surface area contributed by atoms with Crippen LogP contribution in [0.15, 0.2) is 41.0 Å². The summed E-state index contributed by atoms with van der Waals surface area (Å²) in [5.41, 5.74) is 1.85. The molecular formula is C14H12BrN3O3. The number of hydrogen-bond acceptors (Lipinski definition) is 3. The van der Waals surface area contributed by atoms with Gasteiger partial charge in [0.2, 0.25) is 0 Å². The molecule has 0 radical (unpaired) electrons. The first kappa shape index (κ1) is 15.0. The van der Waals surface area contributed by atoms with Crippen molar-refractivity contribution in [2.45, 2.75) is 6.92 Å². The second kappa shape index (κ2) is 6.36. The molecule has 0 spiro atoms. The summed E-state index contributed by atoms with van der Waals surface area (Å²) in [6, 6.07) is 7.47. The molecule has 3 N–H and O–H groups in total. The smallest absolute Gasteiger partial charge is 0.335 e. The summed E-state index contributed by atoms with van der Waals surface area (Å²) in [6.45, 7) is 1.85. The van der Waals surface area contributed by atoms with E-state index in [9.17, 15) is 9.59 Å². The van der Waals surface area contributed by atoms with Crippen LogP contribution in [0.25, 0.3) is 0 Å². The van der Waals surface area contributed by atoms with E-state index in [1.165, 1.54) is 12.1 Å².